The van der Waals surface area contributed by atoms with E-state index >= 15 is 0 Å². The number of methoxy groups -OCH3 is 1. The molecule has 0 spiro atoms. The van der Waals surface area contributed by atoms with Crippen molar-refractivity contribution in [3.63, 3.8) is 0 Å². The second kappa shape index (κ2) is 7.94. The third kappa shape index (κ3) is 4.21. The van der Waals surface area contributed by atoms with E-state index in [-0.39, 0.29) is 18.6 Å². The molecule has 0 aliphatic heterocycles. The Morgan fingerprint density at radius 1 is 1.17 bits per heavy atom. The highest BCUT2D eigenvalue weighted by atomic mass is 16.6. The second-order valence-electron chi connectivity index (χ2n) is 5.54. The van der Waals surface area contributed by atoms with Crippen LogP contribution in [0.25, 0.3) is 0 Å². The molecule has 5 heteroatoms. The fraction of sp³-hybridized carbons (Fsp3) is 0.389. The smallest absolute Gasteiger partial charge is 0.310 e. The molecule has 3 atom stereocenters. The van der Waals surface area contributed by atoms with Gasteiger partial charge in [0.1, 0.15) is 0 Å². The lowest BCUT2D eigenvalue weighted by Crippen LogP contribution is -2.21. The summed E-state index contributed by atoms with van der Waals surface area (Å²) in [5, 5.41) is 10.3. The van der Waals surface area contributed by atoms with E-state index in [1.165, 1.54) is 7.11 Å². The third-order valence-corrected chi connectivity index (χ3v) is 3.87. The van der Waals surface area contributed by atoms with Crippen molar-refractivity contribution < 1.29 is 19.4 Å². The number of esters is 1. The van der Waals surface area contributed by atoms with Crippen LogP contribution in [0.2, 0.25) is 0 Å². The molecule has 0 fully saturated rings. The van der Waals surface area contributed by atoms with E-state index in [9.17, 15) is 9.90 Å². The minimum absolute atomic E-state index is 0.0671. The van der Waals surface area contributed by atoms with Crippen LogP contribution in [0.5, 0.6) is 0 Å². The van der Waals surface area contributed by atoms with E-state index in [0.717, 1.165) is 5.56 Å². The zero-order chi connectivity index (χ0) is 16.8. The number of aliphatic hydroxyl groups is 1. The van der Waals surface area contributed by atoms with Gasteiger partial charge in [0.25, 0.3) is 0 Å². The van der Waals surface area contributed by atoms with Crippen LogP contribution in [0.1, 0.15) is 37.4 Å². The van der Waals surface area contributed by atoms with Gasteiger partial charge in [0.05, 0.1) is 31.4 Å². The summed E-state index contributed by atoms with van der Waals surface area (Å²) in [5.41, 5.74) is 1.79. The zero-order valence-electron chi connectivity index (χ0n) is 13.7. The summed E-state index contributed by atoms with van der Waals surface area (Å²) in [5.74, 6) is -0.783. The van der Waals surface area contributed by atoms with E-state index in [2.05, 4.69) is 11.7 Å². The molecular weight excluding hydrogens is 294 g/mol. The maximum atomic E-state index is 11.4. The highest BCUT2D eigenvalue weighted by molar-refractivity contribution is 5.71. The standard InChI is InChI=1S/C18H23NO4/c1-13(17(20)22-3)12-23-18(21)16-10-7-11-19(16)14(2)15-8-5-4-6-9-15/h4-11,13-14,18,21H,12H2,1-3H3/t13-,14-,18?/m1/s1. The molecule has 0 aliphatic rings. The van der Waals surface area contributed by atoms with Crippen LogP contribution in [-0.2, 0) is 14.3 Å². The summed E-state index contributed by atoms with van der Waals surface area (Å²) in [6, 6.07) is 13.8. The molecule has 1 aromatic carbocycles. The highest BCUT2D eigenvalue weighted by Gasteiger charge is 2.20. The highest BCUT2D eigenvalue weighted by Crippen LogP contribution is 2.24. The molecule has 1 heterocycles. The Balaban J connectivity index is 2.07. The molecule has 1 aromatic heterocycles. The largest absolute Gasteiger partial charge is 0.469 e. The number of hydrogen-bond donors (Lipinski definition) is 1. The molecule has 23 heavy (non-hydrogen) atoms. The van der Waals surface area contributed by atoms with E-state index in [1.54, 1.807) is 6.92 Å². The minimum Gasteiger partial charge on any atom is -0.469 e. The van der Waals surface area contributed by atoms with Crippen LogP contribution in [-0.4, -0.2) is 29.4 Å². The van der Waals surface area contributed by atoms with E-state index in [0.29, 0.717) is 5.69 Å². The third-order valence-electron chi connectivity index (χ3n) is 3.87. The van der Waals surface area contributed by atoms with E-state index in [4.69, 9.17) is 4.74 Å². The van der Waals surface area contributed by atoms with Gasteiger partial charge in [-0.05, 0) is 31.5 Å². The van der Waals surface area contributed by atoms with Gasteiger partial charge in [-0.1, -0.05) is 30.3 Å². The quantitative estimate of drug-likeness (QED) is 0.630. The van der Waals surface area contributed by atoms with Crippen molar-refractivity contribution >= 4 is 5.97 Å². The fourth-order valence-electron chi connectivity index (χ4n) is 2.45. The van der Waals surface area contributed by atoms with Gasteiger partial charge in [0.2, 0.25) is 0 Å². The predicted octanol–water partition coefficient (Wildman–Crippen LogP) is 2.91. The number of carbonyl (C=O) groups excluding carboxylic acids is 1. The van der Waals surface area contributed by atoms with Crippen molar-refractivity contribution in [2.24, 2.45) is 5.92 Å². The average Bonchev–Trinajstić information content (AvgIpc) is 3.08. The zero-order valence-corrected chi connectivity index (χ0v) is 13.7. The number of rotatable bonds is 7. The Kier molecular flexibility index (Phi) is 5.96. The first-order chi connectivity index (χ1) is 11.0. The number of nitrogens with zero attached hydrogens (tertiary/aromatic N) is 1. The summed E-state index contributed by atoms with van der Waals surface area (Å²) >= 11 is 0. The van der Waals surface area contributed by atoms with E-state index < -0.39 is 12.2 Å². The Labute approximate surface area is 136 Å². The number of aromatic nitrogens is 1. The Hall–Kier alpha value is -2.11. The van der Waals surface area contributed by atoms with Crippen molar-refractivity contribution in [1.29, 1.82) is 0 Å². The molecule has 0 aliphatic carbocycles. The molecule has 1 N–H and O–H groups in total. The molecule has 0 bridgehead atoms. The molecule has 2 rings (SSSR count). The lowest BCUT2D eigenvalue weighted by molar-refractivity contribution is -0.154. The molecule has 0 saturated carbocycles. The van der Waals surface area contributed by atoms with E-state index in [1.807, 2.05) is 53.2 Å². The monoisotopic (exact) mass is 317 g/mol. The van der Waals surface area contributed by atoms with Crippen LogP contribution >= 0.6 is 0 Å². The first kappa shape index (κ1) is 17.2. The Bertz CT molecular complexity index is 623. The molecule has 0 amide bonds. The van der Waals surface area contributed by atoms with Gasteiger partial charge in [0.15, 0.2) is 6.29 Å². The van der Waals surface area contributed by atoms with Gasteiger partial charge >= 0.3 is 5.97 Å². The molecule has 1 unspecified atom stereocenters. The van der Waals surface area contributed by atoms with Crippen LogP contribution in [0.15, 0.2) is 48.7 Å². The normalized spacial score (nSPS) is 15.0. The number of ether oxygens (including phenoxy) is 2. The number of hydrogen-bond acceptors (Lipinski definition) is 4. The number of aliphatic hydroxyl groups excluding tert-OH is 1. The Morgan fingerprint density at radius 3 is 2.52 bits per heavy atom. The second-order valence-corrected chi connectivity index (χ2v) is 5.54. The van der Waals surface area contributed by atoms with Gasteiger partial charge in [-0.3, -0.25) is 4.79 Å². The van der Waals surface area contributed by atoms with Gasteiger partial charge in [-0.15, -0.1) is 0 Å². The van der Waals surface area contributed by atoms with Crippen LogP contribution < -0.4 is 0 Å². The summed E-state index contributed by atoms with van der Waals surface area (Å²) in [6.45, 7) is 3.85. The maximum Gasteiger partial charge on any atom is 0.310 e. The summed E-state index contributed by atoms with van der Waals surface area (Å²) in [4.78, 5) is 11.4. The number of benzene rings is 1. The van der Waals surface area contributed by atoms with Crippen molar-refractivity contribution in [3.8, 4) is 0 Å². The van der Waals surface area contributed by atoms with Crippen molar-refractivity contribution in [2.45, 2.75) is 26.2 Å². The molecule has 0 saturated heterocycles. The van der Waals surface area contributed by atoms with Gasteiger partial charge in [-0.2, -0.15) is 0 Å². The van der Waals surface area contributed by atoms with Crippen molar-refractivity contribution in [3.05, 3.63) is 59.9 Å². The predicted molar refractivity (Wildman–Crippen MR) is 86.8 cm³/mol. The Morgan fingerprint density at radius 2 is 1.87 bits per heavy atom. The SMILES string of the molecule is COC(=O)[C@H](C)COC(O)c1cccn1[C@H](C)c1ccccc1. The molecule has 2 aromatic rings. The first-order valence-electron chi connectivity index (χ1n) is 7.63. The van der Waals surface area contributed by atoms with Gasteiger partial charge < -0.3 is 19.1 Å². The van der Waals surface area contributed by atoms with Crippen molar-refractivity contribution in [1.82, 2.24) is 4.57 Å². The lowest BCUT2D eigenvalue weighted by Gasteiger charge is -2.21. The fourth-order valence-corrected chi connectivity index (χ4v) is 2.45. The summed E-state index contributed by atoms with van der Waals surface area (Å²) < 4.78 is 12.0. The minimum atomic E-state index is -1.09. The number of carbonyl (C=O) groups is 1. The van der Waals surface area contributed by atoms with Crippen LogP contribution in [0.4, 0.5) is 0 Å². The first-order valence-corrected chi connectivity index (χ1v) is 7.63. The van der Waals surface area contributed by atoms with Crippen molar-refractivity contribution in [2.75, 3.05) is 13.7 Å². The van der Waals surface area contributed by atoms with Gasteiger partial charge in [-0.25, -0.2) is 0 Å². The topological polar surface area (TPSA) is 60.7 Å². The molecule has 124 valence electrons. The summed E-state index contributed by atoms with van der Waals surface area (Å²) in [6.07, 6.45) is 0.812. The van der Waals surface area contributed by atoms with Crippen LogP contribution in [0.3, 0.4) is 0 Å². The summed E-state index contributed by atoms with van der Waals surface area (Å²) in [7, 11) is 1.34. The lowest BCUT2D eigenvalue weighted by atomic mass is 10.1. The molecule has 0 radical (unpaired) electrons. The molecular formula is C18H23NO4. The van der Waals surface area contributed by atoms with Gasteiger partial charge in [0, 0.05) is 6.20 Å². The maximum absolute atomic E-state index is 11.4. The average molecular weight is 317 g/mol. The van der Waals surface area contributed by atoms with Crippen LogP contribution in [0, 0.1) is 5.92 Å². The molecule has 5 nitrogen and oxygen atoms in total.